The molecule has 218 valence electrons. The molecule has 46 heavy (non-hydrogen) atoms. The van der Waals surface area contributed by atoms with Crippen LogP contribution >= 0.6 is 23.1 Å². The van der Waals surface area contributed by atoms with Gasteiger partial charge in [0.05, 0.1) is 11.4 Å². The average molecular weight is 624 g/mol. The van der Waals surface area contributed by atoms with E-state index in [1.807, 2.05) is 23.1 Å². The van der Waals surface area contributed by atoms with Gasteiger partial charge < -0.3 is 4.90 Å². The molecule has 9 rings (SSSR count). The summed E-state index contributed by atoms with van der Waals surface area (Å²) in [7, 11) is 0. The molecule has 0 saturated carbocycles. The van der Waals surface area contributed by atoms with Crippen molar-refractivity contribution in [1.29, 1.82) is 0 Å². The predicted molar refractivity (Wildman–Crippen MR) is 199 cm³/mol. The fraction of sp³-hybridized carbons (Fsp3) is 0.0233. The smallest absolute Gasteiger partial charge is 0.0602 e. The molecule has 0 N–H and O–H groups in total. The van der Waals surface area contributed by atoms with Crippen LogP contribution in [0.5, 0.6) is 0 Å². The van der Waals surface area contributed by atoms with Crippen LogP contribution in [0.1, 0.15) is 5.56 Å². The summed E-state index contributed by atoms with van der Waals surface area (Å²) >= 11 is 3.73. The van der Waals surface area contributed by atoms with Gasteiger partial charge in [-0.25, -0.2) is 0 Å². The summed E-state index contributed by atoms with van der Waals surface area (Å²) in [6.45, 7) is 2.17. The first kappa shape index (κ1) is 27.2. The molecule has 0 spiro atoms. The van der Waals surface area contributed by atoms with Crippen LogP contribution in [0, 0.1) is 6.92 Å². The van der Waals surface area contributed by atoms with E-state index in [0.29, 0.717) is 0 Å². The summed E-state index contributed by atoms with van der Waals surface area (Å²) in [5, 5.41) is 2.67. The largest absolute Gasteiger partial charge is 0.308 e. The molecule has 0 aliphatic carbocycles. The second kappa shape index (κ2) is 11.1. The summed E-state index contributed by atoms with van der Waals surface area (Å²) in [6.07, 6.45) is 0. The average Bonchev–Trinajstić information content (AvgIpc) is 3.49. The van der Waals surface area contributed by atoms with Crippen LogP contribution in [0.15, 0.2) is 168 Å². The van der Waals surface area contributed by atoms with Gasteiger partial charge in [0.1, 0.15) is 0 Å². The van der Waals surface area contributed by atoms with Crippen molar-refractivity contribution in [3.63, 3.8) is 0 Å². The minimum absolute atomic E-state index is 1.16. The summed E-state index contributed by atoms with van der Waals surface area (Å²) in [5.41, 5.74) is 12.3. The Morgan fingerprint density at radius 3 is 1.74 bits per heavy atom. The lowest BCUT2D eigenvalue weighted by Gasteiger charge is -2.33. The van der Waals surface area contributed by atoms with Gasteiger partial charge in [-0.15, -0.1) is 11.3 Å². The van der Waals surface area contributed by atoms with E-state index in [4.69, 9.17) is 0 Å². The van der Waals surface area contributed by atoms with E-state index in [1.165, 1.54) is 80.3 Å². The van der Waals surface area contributed by atoms with Crippen LogP contribution in [-0.4, -0.2) is 0 Å². The van der Waals surface area contributed by atoms with Gasteiger partial charge in [-0.3, -0.25) is 0 Å². The molecule has 7 aromatic carbocycles. The molecule has 1 aliphatic rings. The summed E-state index contributed by atoms with van der Waals surface area (Å²) in [4.78, 5) is 4.96. The summed E-state index contributed by atoms with van der Waals surface area (Å²) < 4.78 is 2.68. The Bertz CT molecular complexity index is 2390. The highest BCUT2D eigenvalue weighted by molar-refractivity contribution is 7.99. The number of nitrogens with zero attached hydrogens (tertiary/aromatic N) is 1. The number of rotatable bonds is 4. The first-order chi connectivity index (χ1) is 22.7. The third kappa shape index (κ3) is 4.71. The number of anilines is 3. The number of hydrogen-bond donors (Lipinski definition) is 0. The maximum atomic E-state index is 2.41. The summed E-state index contributed by atoms with van der Waals surface area (Å²) in [5.74, 6) is 0. The van der Waals surface area contributed by atoms with Crippen molar-refractivity contribution in [2.75, 3.05) is 4.90 Å². The van der Waals surface area contributed by atoms with Crippen molar-refractivity contribution < 1.29 is 0 Å². The first-order valence-electron chi connectivity index (χ1n) is 15.6. The Kier molecular flexibility index (Phi) is 6.55. The van der Waals surface area contributed by atoms with Gasteiger partial charge in [0.2, 0.25) is 0 Å². The maximum absolute atomic E-state index is 2.41. The second-order valence-corrected chi connectivity index (χ2v) is 14.1. The SMILES string of the molecule is Cc1ccc2c(c1)Sc1cc(-c3ccccc3)ccc1N2c1ccc(-c2ccc(-c3ccc4sc5ccccc5c4c3)cc2)cc1. The van der Waals surface area contributed by atoms with Gasteiger partial charge in [-0.05, 0) is 100 Å². The molecule has 0 bridgehead atoms. The zero-order valence-corrected chi connectivity index (χ0v) is 26.9. The monoisotopic (exact) mass is 623 g/mol. The van der Waals surface area contributed by atoms with Crippen LogP contribution in [0.25, 0.3) is 53.6 Å². The quantitative estimate of drug-likeness (QED) is 0.192. The molecule has 0 unspecified atom stereocenters. The molecule has 0 saturated heterocycles. The van der Waals surface area contributed by atoms with Crippen LogP contribution in [-0.2, 0) is 0 Å². The van der Waals surface area contributed by atoms with Crippen LogP contribution in [0.3, 0.4) is 0 Å². The lowest BCUT2D eigenvalue weighted by molar-refractivity contribution is 1.16. The number of hydrogen-bond acceptors (Lipinski definition) is 3. The molecular weight excluding hydrogens is 595 g/mol. The highest BCUT2D eigenvalue weighted by Gasteiger charge is 2.25. The Balaban J connectivity index is 1.04. The zero-order valence-electron chi connectivity index (χ0n) is 25.3. The van der Waals surface area contributed by atoms with Crippen molar-refractivity contribution in [1.82, 2.24) is 0 Å². The molecule has 0 amide bonds. The Labute approximate surface area is 277 Å². The molecule has 3 heteroatoms. The topological polar surface area (TPSA) is 3.24 Å². The molecule has 2 heterocycles. The molecule has 8 aromatic rings. The van der Waals surface area contributed by atoms with E-state index < -0.39 is 0 Å². The highest BCUT2D eigenvalue weighted by Crippen LogP contribution is 2.52. The summed E-state index contributed by atoms with van der Waals surface area (Å²) in [6, 6.07) is 57.8. The fourth-order valence-corrected chi connectivity index (χ4v) is 8.85. The Morgan fingerprint density at radius 2 is 0.957 bits per heavy atom. The number of thiophene rings is 1. The highest BCUT2D eigenvalue weighted by atomic mass is 32.2. The van der Waals surface area contributed by atoms with E-state index in [2.05, 4.69) is 170 Å². The van der Waals surface area contributed by atoms with Gasteiger partial charge >= 0.3 is 0 Å². The molecule has 1 aromatic heterocycles. The predicted octanol–water partition coefficient (Wildman–Crippen LogP) is 13.3. The zero-order chi connectivity index (χ0) is 30.6. The van der Waals surface area contributed by atoms with Crippen LogP contribution in [0.2, 0.25) is 0 Å². The van der Waals surface area contributed by atoms with E-state index in [0.717, 1.165) is 5.69 Å². The van der Waals surface area contributed by atoms with Crippen molar-refractivity contribution in [3.8, 4) is 33.4 Å². The van der Waals surface area contributed by atoms with Gasteiger partial charge in [0.25, 0.3) is 0 Å². The van der Waals surface area contributed by atoms with Crippen LogP contribution < -0.4 is 4.90 Å². The van der Waals surface area contributed by atoms with Gasteiger partial charge in [0, 0.05) is 35.7 Å². The number of aryl methyl sites for hydroxylation is 1. The third-order valence-corrected chi connectivity index (χ3v) is 11.2. The van der Waals surface area contributed by atoms with Crippen molar-refractivity contribution >= 4 is 60.3 Å². The van der Waals surface area contributed by atoms with Crippen LogP contribution in [0.4, 0.5) is 17.1 Å². The molecule has 1 aliphatic heterocycles. The van der Waals surface area contributed by atoms with Gasteiger partial charge in [-0.2, -0.15) is 0 Å². The Morgan fingerprint density at radius 1 is 0.413 bits per heavy atom. The van der Waals surface area contributed by atoms with Gasteiger partial charge in [0.15, 0.2) is 0 Å². The number of benzene rings is 7. The lowest BCUT2D eigenvalue weighted by atomic mass is 9.99. The minimum atomic E-state index is 1.16. The van der Waals surface area contributed by atoms with Crippen molar-refractivity contribution in [3.05, 3.63) is 163 Å². The Hall–Kier alpha value is -5.09. The first-order valence-corrected chi connectivity index (χ1v) is 17.2. The van der Waals surface area contributed by atoms with Crippen molar-refractivity contribution in [2.45, 2.75) is 16.7 Å². The van der Waals surface area contributed by atoms with Gasteiger partial charge in [-0.1, -0.05) is 115 Å². The van der Waals surface area contributed by atoms with E-state index >= 15 is 0 Å². The maximum Gasteiger partial charge on any atom is 0.0602 e. The minimum Gasteiger partial charge on any atom is -0.308 e. The fourth-order valence-electron chi connectivity index (χ4n) is 6.57. The third-order valence-electron chi connectivity index (χ3n) is 8.94. The molecule has 1 nitrogen and oxygen atoms in total. The molecule has 0 fully saturated rings. The van der Waals surface area contributed by atoms with Crippen molar-refractivity contribution in [2.24, 2.45) is 0 Å². The molecular formula is C43H29NS2. The van der Waals surface area contributed by atoms with E-state index in [-0.39, 0.29) is 0 Å². The molecule has 0 radical (unpaired) electrons. The standard InChI is InChI=1S/C43H29NS2/c1-28-11-22-38-42(25-28)46-43-27-34(29-7-3-2-4-8-29)18-23-39(43)44(38)35-20-16-31(17-21-35)30-12-14-32(15-13-30)33-19-24-41-37(26-33)36-9-5-6-10-40(36)45-41/h2-27H,1H3. The van der Waals surface area contributed by atoms with E-state index in [9.17, 15) is 0 Å². The van der Waals surface area contributed by atoms with E-state index in [1.54, 1.807) is 0 Å². The second-order valence-electron chi connectivity index (χ2n) is 11.9. The number of fused-ring (bicyclic) bond motifs is 5. The normalized spacial score (nSPS) is 12.3. The molecule has 0 atom stereocenters. The lowest BCUT2D eigenvalue weighted by Crippen LogP contribution is -2.15.